The van der Waals surface area contributed by atoms with Crippen LogP contribution in [0.25, 0.3) is 0 Å². The summed E-state index contributed by atoms with van der Waals surface area (Å²) in [5.41, 5.74) is 0. The van der Waals surface area contributed by atoms with Crippen LogP contribution in [-0.4, -0.2) is 6.29 Å². The summed E-state index contributed by atoms with van der Waals surface area (Å²) in [7, 11) is 0. The lowest BCUT2D eigenvalue weighted by Gasteiger charge is -2.13. The van der Waals surface area contributed by atoms with Gasteiger partial charge in [0.2, 0.25) is 0 Å². The zero-order valence-corrected chi connectivity index (χ0v) is 6.96. The zero-order chi connectivity index (χ0) is 7.94. The summed E-state index contributed by atoms with van der Waals surface area (Å²) in [6.45, 7) is 0. The van der Waals surface area contributed by atoms with Gasteiger partial charge < -0.3 is 4.79 Å². The molecule has 0 radical (unpaired) electrons. The molecule has 0 saturated heterocycles. The van der Waals surface area contributed by atoms with E-state index in [4.69, 9.17) is 0 Å². The third kappa shape index (κ3) is 3.35. The summed E-state index contributed by atoms with van der Waals surface area (Å²) < 4.78 is 0. The van der Waals surface area contributed by atoms with E-state index in [2.05, 4.69) is 12.2 Å². The molecule has 1 rings (SSSR count). The molecule has 1 nitrogen and oxygen atoms in total. The fourth-order valence-corrected chi connectivity index (χ4v) is 1.61. The van der Waals surface area contributed by atoms with Crippen LogP contribution in [0.2, 0.25) is 0 Å². The quantitative estimate of drug-likeness (QED) is 0.439. The van der Waals surface area contributed by atoms with Crippen molar-refractivity contribution in [1.82, 2.24) is 0 Å². The van der Waals surface area contributed by atoms with Crippen LogP contribution in [0.15, 0.2) is 12.2 Å². The van der Waals surface area contributed by atoms with Gasteiger partial charge in [-0.15, -0.1) is 0 Å². The van der Waals surface area contributed by atoms with Gasteiger partial charge in [0.25, 0.3) is 0 Å². The van der Waals surface area contributed by atoms with E-state index in [0.29, 0.717) is 5.92 Å². The van der Waals surface area contributed by atoms with Crippen LogP contribution < -0.4 is 0 Å². The number of allylic oxidation sites excluding steroid dienone is 2. The molecule has 0 fully saturated rings. The van der Waals surface area contributed by atoms with Crippen LogP contribution in [0, 0.1) is 5.92 Å². The lowest BCUT2D eigenvalue weighted by molar-refractivity contribution is -0.108. The van der Waals surface area contributed by atoms with Gasteiger partial charge in [-0.25, -0.2) is 0 Å². The zero-order valence-electron chi connectivity index (χ0n) is 6.96. The Morgan fingerprint density at radius 2 is 2.09 bits per heavy atom. The fraction of sp³-hybridized carbons (Fsp3) is 0.700. The molecule has 0 bridgehead atoms. The molecular weight excluding hydrogens is 136 g/mol. The van der Waals surface area contributed by atoms with Crippen LogP contribution in [0.5, 0.6) is 0 Å². The smallest absolute Gasteiger partial charge is 0.120 e. The molecule has 0 amide bonds. The minimum atomic E-state index is 0.664. The Balaban J connectivity index is 2.29. The van der Waals surface area contributed by atoms with E-state index in [1.165, 1.54) is 32.1 Å². The minimum Gasteiger partial charge on any atom is -0.303 e. The lowest BCUT2D eigenvalue weighted by Crippen LogP contribution is -2.02. The van der Waals surface area contributed by atoms with Crippen LogP contribution in [0.1, 0.15) is 38.5 Å². The molecule has 0 aromatic rings. The largest absolute Gasteiger partial charge is 0.303 e. The molecule has 1 unspecified atom stereocenters. The minimum absolute atomic E-state index is 0.664. The average Bonchev–Trinajstić information content (AvgIpc) is 1.94. The van der Waals surface area contributed by atoms with Gasteiger partial charge in [-0.3, -0.25) is 0 Å². The number of rotatable bonds is 2. The topological polar surface area (TPSA) is 17.1 Å². The second kappa shape index (κ2) is 5.11. The van der Waals surface area contributed by atoms with E-state index in [0.717, 1.165) is 12.7 Å². The second-order valence-electron chi connectivity index (χ2n) is 3.25. The van der Waals surface area contributed by atoms with Gasteiger partial charge in [0.1, 0.15) is 6.29 Å². The van der Waals surface area contributed by atoms with Crippen LogP contribution in [-0.2, 0) is 4.79 Å². The summed E-state index contributed by atoms with van der Waals surface area (Å²) in [5, 5.41) is 0. The fourth-order valence-electron chi connectivity index (χ4n) is 1.61. The van der Waals surface area contributed by atoms with Crippen molar-refractivity contribution in [3.63, 3.8) is 0 Å². The Morgan fingerprint density at radius 1 is 1.27 bits per heavy atom. The summed E-state index contributed by atoms with van der Waals surface area (Å²) in [5.74, 6) is 0.664. The van der Waals surface area contributed by atoms with Gasteiger partial charge in [0.05, 0.1) is 0 Å². The average molecular weight is 152 g/mol. The molecule has 62 valence electrons. The molecule has 11 heavy (non-hydrogen) atoms. The first-order valence-corrected chi connectivity index (χ1v) is 4.52. The van der Waals surface area contributed by atoms with E-state index in [1.54, 1.807) is 0 Å². The summed E-state index contributed by atoms with van der Waals surface area (Å²) in [4.78, 5) is 10.3. The number of aldehydes is 1. The molecule has 0 saturated carbocycles. The van der Waals surface area contributed by atoms with Gasteiger partial charge in [-0.2, -0.15) is 0 Å². The summed E-state index contributed by atoms with van der Waals surface area (Å²) in [6.07, 6.45) is 12.4. The lowest BCUT2D eigenvalue weighted by atomic mass is 9.92. The van der Waals surface area contributed by atoms with Gasteiger partial charge in [0, 0.05) is 6.42 Å². The highest BCUT2D eigenvalue weighted by molar-refractivity contribution is 5.49. The third-order valence-electron chi connectivity index (χ3n) is 2.32. The molecule has 1 heteroatoms. The van der Waals surface area contributed by atoms with Crippen molar-refractivity contribution >= 4 is 6.29 Å². The molecule has 0 heterocycles. The first-order valence-electron chi connectivity index (χ1n) is 4.52. The molecule has 0 aromatic carbocycles. The maximum atomic E-state index is 10.3. The third-order valence-corrected chi connectivity index (χ3v) is 2.32. The Morgan fingerprint density at radius 3 is 2.91 bits per heavy atom. The standard InChI is InChI=1S/C10H16O/c11-9-8-10-6-4-2-1-3-5-7-10/h1-2,9-10H,3-8H2/b2-1+. The van der Waals surface area contributed by atoms with E-state index < -0.39 is 0 Å². The van der Waals surface area contributed by atoms with Crippen molar-refractivity contribution in [3.8, 4) is 0 Å². The summed E-state index contributed by atoms with van der Waals surface area (Å²) >= 11 is 0. The van der Waals surface area contributed by atoms with Crippen LogP contribution in [0.4, 0.5) is 0 Å². The van der Waals surface area contributed by atoms with Crippen molar-refractivity contribution in [1.29, 1.82) is 0 Å². The first-order chi connectivity index (χ1) is 5.43. The monoisotopic (exact) mass is 152 g/mol. The predicted molar refractivity (Wildman–Crippen MR) is 46.4 cm³/mol. The van der Waals surface area contributed by atoms with Crippen molar-refractivity contribution in [2.75, 3.05) is 0 Å². The Hall–Kier alpha value is -0.590. The number of carbonyl (C=O) groups is 1. The van der Waals surface area contributed by atoms with E-state index >= 15 is 0 Å². The van der Waals surface area contributed by atoms with Crippen molar-refractivity contribution in [2.24, 2.45) is 5.92 Å². The predicted octanol–water partition coefficient (Wildman–Crippen LogP) is 2.71. The van der Waals surface area contributed by atoms with Gasteiger partial charge in [-0.1, -0.05) is 12.2 Å². The molecule has 0 N–H and O–H groups in total. The maximum absolute atomic E-state index is 10.3. The highest BCUT2D eigenvalue weighted by Gasteiger charge is 2.07. The number of hydrogen-bond donors (Lipinski definition) is 0. The SMILES string of the molecule is O=CCC1CC/C=C/CCC1. The normalized spacial score (nSPS) is 28.5. The maximum Gasteiger partial charge on any atom is 0.120 e. The number of carbonyl (C=O) groups excluding carboxylic acids is 1. The van der Waals surface area contributed by atoms with E-state index in [-0.39, 0.29) is 0 Å². The molecular formula is C10H16O. The van der Waals surface area contributed by atoms with E-state index in [1.807, 2.05) is 0 Å². The van der Waals surface area contributed by atoms with Crippen LogP contribution >= 0.6 is 0 Å². The molecule has 1 aliphatic carbocycles. The Kier molecular flexibility index (Phi) is 3.95. The molecule has 1 atom stereocenters. The van der Waals surface area contributed by atoms with Gasteiger partial charge in [0.15, 0.2) is 0 Å². The molecule has 1 aliphatic rings. The van der Waals surface area contributed by atoms with Crippen molar-refractivity contribution in [3.05, 3.63) is 12.2 Å². The highest BCUT2D eigenvalue weighted by atomic mass is 16.1. The molecule has 0 aliphatic heterocycles. The molecule has 0 spiro atoms. The summed E-state index contributed by atoms with van der Waals surface area (Å²) in [6, 6.07) is 0. The molecule has 0 aromatic heterocycles. The van der Waals surface area contributed by atoms with E-state index in [9.17, 15) is 4.79 Å². The first kappa shape index (κ1) is 8.51. The van der Waals surface area contributed by atoms with Crippen LogP contribution in [0.3, 0.4) is 0 Å². The Labute approximate surface area is 68.5 Å². The van der Waals surface area contributed by atoms with Gasteiger partial charge >= 0.3 is 0 Å². The van der Waals surface area contributed by atoms with Crippen molar-refractivity contribution < 1.29 is 4.79 Å². The number of hydrogen-bond acceptors (Lipinski definition) is 1. The van der Waals surface area contributed by atoms with Gasteiger partial charge in [-0.05, 0) is 38.0 Å². The second-order valence-corrected chi connectivity index (χ2v) is 3.25. The highest BCUT2D eigenvalue weighted by Crippen LogP contribution is 2.20. The Bertz CT molecular complexity index is 138. The van der Waals surface area contributed by atoms with Crippen molar-refractivity contribution in [2.45, 2.75) is 38.5 Å².